The van der Waals surface area contributed by atoms with Gasteiger partial charge in [0, 0.05) is 111 Å². The minimum Gasteiger partial charge on any atom is -0.457 e. The molecule has 0 spiro atoms. The van der Waals surface area contributed by atoms with E-state index in [0.717, 1.165) is 123 Å². The van der Waals surface area contributed by atoms with Gasteiger partial charge in [-0.15, -0.1) is 0 Å². The molecule has 13 nitrogen and oxygen atoms in total. The van der Waals surface area contributed by atoms with E-state index in [1.54, 1.807) is 26.0 Å². The predicted octanol–water partition coefficient (Wildman–Crippen LogP) is 14.1. The summed E-state index contributed by atoms with van der Waals surface area (Å²) in [5, 5.41) is 53.0. The van der Waals surface area contributed by atoms with E-state index in [2.05, 4.69) is 224 Å². The van der Waals surface area contributed by atoms with E-state index in [1.165, 1.54) is 33.9 Å². The maximum Gasteiger partial charge on any atom is 0.488 e. The second-order valence-corrected chi connectivity index (χ2v) is 28.5. The van der Waals surface area contributed by atoms with Gasteiger partial charge in [-0.2, -0.15) is 4.58 Å². The molecule has 2 aliphatic heterocycles. The van der Waals surface area contributed by atoms with Crippen molar-refractivity contribution in [3.8, 4) is 16.9 Å². The highest BCUT2D eigenvalue weighted by atomic mass is 16.5. The van der Waals surface area contributed by atoms with Crippen molar-refractivity contribution in [1.29, 1.82) is 0 Å². The molecule has 0 aromatic heterocycles. The van der Waals surface area contributed by atoms with Crippen LogP contribution in [-0.4, -0.2) is 106 Å². The minimum absolute atomic E-state index is 0.201. The van der Waals surface area contributed by atoms with Gasteiger partial charge in [0.05, 0.1) is 5.41 Å². The highest BCUT2D eigenvalue weighted by Crippen LogP contribution is 2.48. The Kier molecular flexibility index (Phi) is 23.6. The molecule has 0 atom stereocenters. The Bertz CT molecular complexity index is 4580. The predicted molar refractivity (Wildman–Crippen MR) is 416 cm³/mol. The number of carbonyl (C=O) groups excluding carboxylic acids is 2. The van der Waals surface area contributed by atoms with E-state index in [4.69, 9.17) is 4.74 Å². The van der Waals surface area contributed by atoms with Crippen molar-refractivity contribution in [3.63, 3.8) is 0 Å². The molecule has 6 N–H and O–H groups in total. The quantitative estimate of drug-likeness (QED) is 0.00841. The normalized spacial score (nSPS) is 15.6. The van der Waals surface area contributed by atoms with Gasteiger partial charge in [0.1, 0.15) is 18.1 Å². The van der Waals surface area contributed by atoms with Crippen molar-refractivity contribution >= 4 is 75.6 Å². The molecular weight excluding hydrogens is 1250 g/mol. The van der Waals surface area contributed by atoms with Gasteiger partial charge in [-0.25, -0.2) is 0 Å². The fourth-order valence-electron chi connectivity index (χ4n) is 15.2. The van der Waals surface area contributed by atoms with Crippen molar-refractivity contribution in [2.24, 2.45) is 0 Å². The largest absolute Gasteiger partial charge is 0.488 e. The molecule has 8 aromatic rings. The number of para-hydroxylation sites is 2. The summed E-state index contributed by atoms with van der Waals surface area (Å²) in [5.74, 6) is 1.19. The van der Waals surface area contributed by atoms with Crippen LogP contribution in [0.1, 0.15) is 134 Å². The number of ether oxygens (including phenoxy) is 1. The topological polar surface area (TPSA) is 161 Å². The zero-order valence-electron chi connectivity index (χ0n) is 60.3. The minimum atomic E-state index is -1.68. The molecule has 3 aliphatic rings. The maximum absolute atomic E-state index is 12.8. The molecule has 0 fully saturated rings. The molecule has 0 radical (unpaired) electrons. The van der Waals surface area contributed by atoms with Gasteiger partial charge in [-0.05, 0) is 185 Å². The van der Waals surface area contributed by atoms with Gasteiger partial charge in [-0.1, -0.05) is 180 Å². The number of anilines is 1. The van der Waals surface area contributed by atoms with Crippen LogP contribution in [0.3, 0.4) is 0 Å². The molecule has 8 aromatic carbocycles. The van der Waals surface area contributed by atoms with Gasteiger partial charge in [0.25, 0.3) is 0 Å². The van der Waals surface area contributed by atoms with Crippen LogP contribution in [0.5, 0.6) is 5.75 Å². The fraction of sp³-hybridized carbons (Fsp3) is 0.314. The number of rotatable bonds is 30. The Labute approximate surface area is 598 Å². The first-order chi connectivity index (χ1) is 48.7. The summed E-state index contributed by atoms with van der Waals surface area (Å²) in [5.41, 5.74) is 17.0. The Morgan fingerprint density at radius 3 is 1.75 bits per heavy atom. The average molecular weight is 1350 g/mol. The molecule has 1 aliphatic carbocycles. The Morgan fingerprint density at radius 1 is 0.594 bits per heavy atom. The highest BCUT2D eigenvalue weighted by Gasteiger charge is 2.44. The van der Waals surface area contributed by atoms with Gasteiger partial charge >= 0.3 is 14.2 Å². The van der Waals surface area contributed by atoms with Crippen LogP contribution in [0, 0.1) is 0 Å². The summed E-state index contributed by atoms with van der Waals surface area (Å²) in [4.78, 5) is 32.7. The summed E-state index contributed by atoms with van der Waals surface area (Å²) in [6, 6.07) is 56.2. The second kappa shape index (κ2) is 32.6. The number of hydrogen-bond acceptors (Lipinski definition) is 10. The third-order valence-corrected chi connectivity index (χ3v) is 20.4. The van der Waals surface area contributed by atoms with Crippen LogP contribution < -0.4 is 31.2 Å². The zero-order valence-corrected chi connectivity index (χ0v) is 60.3. The molecule has 0 unspecified atom stereocenters. The van der Waals surface area contributed by atoms with E-state index >= 15 is 0 Å². The summed E-state index contributed by atoms with van der Waals surface area (Å²) in [6.45, 7) is 30.4. The SMILES string of the molecule is C=C(C)C(=O)NCCCN(Cc1ccccc1B(O)O)Cc1c2ccccc2c(CN(CCCNC(=O)C(=C)C)Cc2ccccc2B(O)O)c2cc(-c3cccc(OC4=C(/C=C/C5=[N+](CCC)c6ccccc6C5(C)C)CCC/C4=C\C=C4\N(CCC)c5ccccc5C4(C)C)c3)ccc12. The molecule has 11 rings (SSSR count). The number of amides is 2. The van der Waals surface area contributed by atoms with Crippen LogP contribution in [0.2, 0.25) is 0 Å². The van der Waals surface area contributed by atoms with E-state index < -0.39 is 14.2 Å². The Balaban J connectivity index is 1.05. The first kappa shape index (κ1) is 73.1. The Morgan fingerprint density at radius 2 is 1.15 bits per heavy atom. The first-order valence-electron chi connectivity index (χ1n) is 36.1. The van der Waals surface area contributed by atoms with Crippen molar-refractivity contribution < 1.29 is 39.0 Å². The van der Waals surface area contributed by atoms with E-state index in [-0.39, 0.29) is 22.6 Å². The number of carbonyl (C=O) groups is 2. The summed E-state index contributed by atoms with van der Waals surface area (Å²) < 4.78 is 9.99. The Hall–Kier alpha value is -9.18. The third-order valence-electron chi connectivity index (χ3n) is 20.4. The van der Waals surface area contributed by atoms with Gasteiger partial charge in [0.2, 0.25) is 17.5 Å². The van der Waals surface area contributed by atoms with Crippen LogP contribution in [0.4, 0.5) is 11.4 Å². The van der Waals surface area contributed by atoms with Crippen LogP contribution in [-0.2, 0) is 46.6 Å². The molecule has 520 valence electrons. The molecule has 0 saturated carbocycles. The molecule has 2 amide bonds. The molecule has 2 heterocycles. The van der Waals surface area contributed by atoms with Crippen LogP contribution in [0.25, 0.3) is 32.7 Å². The average Bonchev–Trinajstić information content (AvgIpc) is 1.74. The van der Waals surface area contributed by atoms with Gasteiger partial charge in [0.15, 0.2) is 5.71 Å². The monoisotopic (exact) mass is 1350 g/mol. The molecule has 0 bridgehead atoms. The van der Waals surface area contributed by atoms with Gasteiger partial charge < -0.3 is 40.4 Å². The summed E-state index contributed by atoms with van der Waals surface area (Å²) in [6.07, 6.45) is 15.3. The lowest BCUT2D eigenvalue weighted by molar-refractivity contribution is -0.437. The molecule has 15 heteroatoms. The van der Waals surface area contributed by atoms with E-state index in [0.29, 0.717) is 87.3 Å². The maximum atomic E-state index is 12.8. The first-order valence-corrected chi connectivity index (χ1v) is 36.1. The van der Waals surface area contributed by atoms with Crippen molar-refractivity contribution in [2.75, 3.05) is 44.2 Å². The van der Waals surface area contributed by atoms with Crippen LogP contribution in [0.15, 0.2) is 235 Å². The summed E-state index contributed by atoms with van der Waals surface area (Å²) in [7, 11) is -3.35. The van der Waals surface area contributed by atoms with Gasteiger partial charge in [-0.3, -0.25) is 19.4 Å². The van der Waals surface area contributed by atoms with E-state index in [1.807, 2.05) is 36.4 Å². The zero-order chi connectivity index (χ0) is 71.5. The molecule has 101 heavy (non-hydrogen) atoms. The summed E-state index contributed by atoms with van der Waals surface area (Å²) >= 11 is 0. The number of nitrogens with zero attached hydrogens (tertiary/aromatic N) is 4. The smallest absolute Gasteiger partial charge is 0.457 e. The third kappa shape index (κ3) is 16.4. The highest BCUT2D eigenvalue weighted by molar-refractivity contribution is 6.59. The number of hydrogen-bond donors (Lipinski definition) is 6. The lowest BCUT2D eigenvalue weighted by atomic mass is 9.77. The second-order valence-electron chi connectivity index (χ2n) is 28.5. The van der Waals surface area contributed by atoms with Crippen LogP contribution >= 0.6 is 0 Å². The lowest BCUT2D eigenvalue weighted by Gasteiger charge is -2.28. The number of benzene rings is 8. The van der Waals surface area contributed by atoms with Crippen molar-refractivity contribution in [2.45, 2.75) is 137 Å². The molecular formula is C86H99B2N6O7+. The molecule has 0 saturated heterocycles. The van der Waals surface area contributed by atoms with Crippen molar-refractivity contribution in [3.05, 3.63) is 268 Å². The number of allylic oxidation sites excluding steroid dienone is 7. The lowest BCUT2D eigenvalue weighted by Crippen LogP contribution is -2.36. The number of fused-ring (bicyclic) bond motifs is 4. The number of nitrogens with one attached hydrogen (secondary N) is 2. The standard InChI is InChI=1S/C86H98B2N6O7/c1-11-49-93-78-39-21-17-35-74(78)85(7,8)80(93)45-42-61-29-23-30-62(43-46-81-86(9,10)75-36-18-22-40-79(75)94(81)50-12-2)82(61)101-67-32-24-31-63(53-67)64-41-44-70-71(54-64)73(58-92(52-26-48-90-84(96)60(5)6)56-66-28-14-20-38-77(66)88(99)100)69-34-16-15-33-68(69)72(70)57-91(51-25-47-89-83(95)59(3)4)55-65-27-13-19-37-76(65)87(97)98/h13-22,24,27-28,31-46,53-54,97-100H,3,5,11-12,23,25-26,29-30,47-52,55-58H2,1-2,4,6-10H3,(H-,89,90,95,96)/p+1. The fourth-order valence-corrected chi connectivity index (χ4v) is 15.2. The van der Waals surface area contributed by atoms with Crippen molar-refractivity contribution in [1.82, 2.24) is 20.4 Å². The van der Waals surface area contributed by atoms with E-state index in [9.17, 15) is 29.7 Å².